The van der Waals surface area contributed by atoms with Crippen LogP contribution in [0.2, 0.25) is 5.02 Å². The number of benzene rings is 1. The van der Waals surface area contributed by atoms with Crippen molar-refractivity contribution in [2.45, 2.75) is 6.42 Å². The number of halogens is 2. The lowest BCUT2D eigenvalue weighted by Crippen LogP contribution is -2.03. The monoisotopic (exact) mass is 329 g/mol. The number of nitrogens with one attached hydrogen (secondary N) is 1. The summed E-state index contributed by atoms with van der Waals surface area (Å²) in [5.41, 5.74) is 7.14. The van der Waals surface area contributed by atoms with Crippen LogP contribution in [0.1, 0.15) is 5.82 Å². The summed E-state index contributed by atoms with van der Waals surface area (Å²) in [5.74, 6) is 1.56. The molecule has 0 radical (unpaired) electrons. The Labute approximate surface area is 119 Å². The molecule has 18 heavy (non-hydrogen) atoms. The van der Waals surface area contributed by atoms with E-state index in [9.17, 15) is 0 Å². The van der Waals surface area contributed by atoms with Crippen molar-refractivity contribution in [1.82, 2.24) is 9.97 Å². The third-order valence-corrected chi connectivity index (χ3v) is 3.41. The topological polar surface area (TPSA) is 63.9 Å². The second-order valence-corrected chi connectivity index (χ2v) is 4.93. The summed E-state index contributed by atoms with van der Waals surface area (Å²) < 4.78 is 5.92. The number of aromatic nitrogens is 2. The van der Waals surface area contributed by atoms with E-state index in [2.05, 4.69) is 25.9 Å². The zero-order valence-electron chi connectivity index (χ0n) is 9.84. The highest BCUT2D eigenvalue weighted by Crippen LogP contribution is 2.34. The number of rotatable bonds is 4. The highest BCUT2D eigenvalue weighted by atomic mass is 79.9. The molecule has 0 saturated heterocycles. The van der Waals surface area contributed by atoms with Gasteiger partial charge in [0.05, 0.1) is 12.1 Å². The lowest BCUT2D eigenvalue weighted by Gasteiger charge is -2.04. The van der Waals surface area contributed by atoms with E-state index in [1.54, 1.807) is 13.2 Å². The number of aromatic amines is 1. The van der Waals surface area contributed by atoms with Crippen LogP contribution >= 0.6 is 27.5 Å². The first-order chi connectivity index (χ1) is 8.65. The summed E-state index contributed by atoms with van der Waals surface area (Å²) in [4.78, 5) is 7.61. The molecule has 0 spiro atoms. The van der Waals surface area contributed by atoms with Gasteiger partial charge in [-0.2, -0.15) is 0 Å². The molecule has 2 aromatic rings. The van der Waals surface area contributed by atoms with Gasteiger partial charge < -0.3 is 15.5 Å². The molecule has 6 heteroatoms. The predicted octanol–water partition coefficient (Wildman–Crippen LogP) is 3.00. The average Bonchev–Trinajstić information content (AvgIpc) is 2.70. The molecule has 3 N–H and O–H groups in total. The van der Waals surface area contributed by atoms with Crippen molar-refractivity contribution in [1.29, 1.82) is 0 Å². The number of ether oxygens (including phenoxy) is 1. The van der Waals surface area contributed by atoms with Crippen LogP contribution in [0.3, 0.4) is 0 Å². The summed E-state index contributed by atoms with van der Waals surface area (Å²) in [6.45, 7) is 0.551. The molecule has 0 atom stereocenters. The number of methoxy groups -OCH3 is 1. The van der Waals surface area contributed by atoms with Gasteiger partial charge in [-0.1, -0.05) is 11.6 Å². The largest absolute Gasteiger partial charge is 0.497 e. The van der Waals surface area contributed by atoms with E-state index in [4.69, 9.17) is 22.1 Å². The Morgan fingerprint density at radius 3 is 2.89 bits per heavy atom. The summed E-state index contributed by atoms with van der Waals surface area (Å²) in [6.07, 6.45) is 0.701. The Morgan fingerprint density at radius 2 is 2.28 bits per heavy atom. The third kappa shape index (κ3) is 2.68. The Balaban J connectivity index is 2.41. The smallest absolute Gasteiger partial charge is 0.120 e. The highest BCUT2D eigenvalue weighted by Gasteiger charge is 2.13. The molecular formula is C12H13BrClN3O. The first kappa shape index (κ1) is 13.4. The van der Waals surface area contributed by atoms with Gasteiger partial charge in [-0.3, -0.25) is 0 Å². The SMILES string of the molecule is COc1ccc(-c2nc(CCN)[nH]c2Br)c(Cl)c1. The van der Waals surface area contributed by atoms with Crippen LogP contribution in [0, 0.1) is 0 Å². The first-order valence-corrected chi connectivity index (χ1v) is 6.61. The molecule has 96 valence electrons. The van der Waals surface area contributed by atoms with E-state index in [0.717, 1.165) is 27.4 Å². The lowest BCUT2D eigenvalue weighted by molar-refractivity contribution is 0.415. The van der Waals surface area contributed by atoms with Crippen molar-refractivity contribution < 1.29 is 4.74 Å². The Bertz CT molecular complexity index is 556. The van der Waals surface area contributed by atoms with Gasteiger partial charge in [-0.05, 0) is 40.7 Å². The number of imidazole rings is 1. The number of hydrogen-bond acceptors (Lipinski definition) is 3. The maximum atomic E-state index is 6.22. The third-order valence-electron chi connectivity index (χ3n) is 2.52. The lowest BCUT2D eigenvalue weighted by atomic mass is 10.1. The standard InChI is InChI=1S/C12H13BrClN3O/c1-18-7-2-3-8(9(14)6-7)11-12(13)17-10(16-11)4-5-15/h2-3,6H,4-5,15H2,1H3,(H,16,17). The van der Waals surface area contributed by atoms with Crippen LogP contribution in [-0.2, 0) is 6.42 Å². The van der Waals surface area contributed by atoms with Crippen molar-refractivity contribution >= 4 is 27.5 Å². The maximum absolute atomic E-state index is 6.22. The zero-order valence-corrected chi connectivity index (χ0v) is 12.2. The van der Waals surface area contributed by atoms with Crippen LogP contribution in [0.15, 0.2) is 22.8 Å². The Hall–Kier alpha value is -1.04. The van der Waals surface area contributed by atoms with Gasteiger partial charge in [0, 0.05) is 12.0 Å². The van der Waals surface area contributed by atoms with Gasteiger partial charge in [-0.15, -0.1) is 0 Å². The summed E-state index contributed by atoms with van der Waals surface area (Å²) in [5, 5.41) is 0.598. The average molecular weight is 331 g/mol. The zero-order chi connectivity index (χ0) is 13.1. The summed E-state index contributed by atoms with van der Waals surface area (Å²) in [7, 11) is 1.61. The maximum Gasteiger partial charge on any atom is 0.120 e. The Morgan fingerprint density at radius 1 is 1.50 bits per heavy atom. The molecule has 1 aromatic heterocycles. The fourth-order valence-corrected chi connectivity index (χ4v) is 2.44. The van der Waals surface area contributed by atoms with E-state index >= 15 is 0 Å². The minimum Gasteiger partial charge on any atom is -0.497 e. The first-order valence-electron chi connectivity index (χ1n) is 5.44. The molecule has 2 rings (SSSR count). The second-order valence-electron chi connectivity index (χ2n) is 3.73. The van der Waals surface area contributed by atoms with Crippen LogP contribution in [-0.4, -0.2) is 23.6 Å². The molecule has 0 aliphatic rings. The molecule has 0 unspecified atom stereocenters. The van der Waals surface area contributed by atoms with Gasteiger partial charge in [0.15, 0.2) is 0 Å². The summed E-state index contributed by atoms with van der Waals surface area (Å²) in [6, 6.07) is 5.50. The predicted molar refractivity (Wildman–Crippen MR) is 76.0 cm³/mol. The molecule has 0 saturated carbocycles. The van der Waals surface area contributed by atoms with Crippen molar-refractivity contribution in [2.24, 2.45) is 5.73 Å². The minimum atomic E-state index is 0.551. The van der Waals surface area contributed by atoms with Crippen LogP contribution in [0.4, 0.5) is 0 Å². The molecule has 4 nitrogen and oxygen atoms in total. The van der Waals surface area contributed by atoms with E-state index in [1.807, 2.05) is 12.1 Å². The van der Waals surface area contributed by atoms with Crippen molar-refractivity contribution in [2.75, 3.05) is 13.7 Å². The van der Waals surface area contributed by atoms with Gasteiger partial charge in [0.2, 0.25) is 0 Å². The highest BCUT2D eigenvalue weighted by molar-refractivity contribution is 9.10. The molecular weight excluding hydrogens is 318 g/mol. The summed E-state index contributed by atoms with van der Waals surface area (Å²) >= 11 is 9.67. The molecule has 0 amide bonds. The molecule has 0 aliphatic carbocycles. The van der Waals surface area contributed by atoms with Crippen molar-refractivity contribution in [3.8, 4) is 17.0 Å². The van der Waals surface area contributed by atoms with Crippen LogP contribution in [0.25, 0.3) is 11.3 Å². The molecule has 1 heterocycles. The van der Waals surface area contributed by atoms with Crippen LogP contribution < -0.4 is 10.5 Å². The van der Waals surface area contributed by atoms with E-state index < -0.39 is 0 Å². The van der Waals surface area contributed by atoms with Crippen molar-refractivity contribution in [3.63, 3.8) is 0 Å². The van der Waals surface area contributed by atoms with E-state index in [0.29, 0.717) is 18.0 Å². The molecule has 0 aliphatic heterocycles. The fraction of sp³-hybridized carbons (Fsp3) is 0.250. The number of nitrogens with two attached hydrogens (primary N) is 1. The second kappa shape index (κ2) is 5.73. The van der Waals surface area contributed by atoms with Gasteiger partial charge >= 0.3 is 0 Å². The van der Waals surface area contributed by atoms with Crippen LogP contribution in [0.5, 0.6) is 5.75 Å². The van der Waals surface area contributed by atoms with Gasteiger partial charge in [0.1, 0.15) is 21.9 Å². The number of hydrogen-bond donors (Lipinski definition) is 2. The number of H-pyrrole nitrogens is 1. The van der Waals surface area contributed by atoms with E-state index in [1.165, 1.54) is 0 Å². The molecule has 1 aromatic carbocycles. The molecule has 0 fully saturated rings. The number of nitrogens with zero attached hydrogens (tertiary/aromatic N) is 1. The minimum absolute atomic E-state index is 0.551. The Kier molecular flexibility index (Phi) is 4.27. The van der Waals surface area contributed by atoms with Gasteiger partial charge in [0.25, 0.3) is 0 Å². The van der Waals surface area contributed by atoms with E-state index in [-0.39, 0.29) is 0 Å². The fourth-order valence-electron chi connectivity index (χ4n) is 1.65. The quantitative estimate of drug-likeness (QED) is 0.906. The molecule has 0 bridgehead atoms. The van der Waals surface area contributed by atoms with Gasteiger partial charge in [-0.25, -0.2) is 4.98 Å². The van der Waals surface area contributed by atoms with Crippen molar-refractivity contribution in [3.05, 3.63) is 33.6 Å². The normalized spacial score (nSPS) is 10.7.